The fourth-order valence-corrected chi connectivity index (χ4v) is 4.00. The summed E-state index contributed by atoms with van der Waals surface area (Å²) in [6.07, 6.45) is 0.131. The highest BCUT2D eigenvalue weighted by atomic mass is 19.4. The maximum atomic E-state index is 12.8. The summed E-state index contributed by atoms with van der Waals surface area (Å²) in [5.41, 5.74) is 3.40. The highest BCUT2D eigenvalue weighted by Gasteiger charge is 2.29. The van der Waals surface area contributed by atoms with Gasteiger partial charge in [0.25, 0.3) is 5.91 Å². The van der Waals surface area contributed by atoms with E-state index in [1.54, 1.807) is 54.9 Å². The third-order valence-electron chi connectivity index (χ3n) is 5.90. The van der Waals surface area contributed by atoms with Crippen LogP contribution < -0.4 is 20.1 Å². The molecule has 204 valence electrons. The molecule has 1 amide bonds. The Morgan fingerprint density at radius 3 is 2.50 bits per heavy atom. The summed E-state index contributed by atoms with van der Waals surface area (Å²) >= 11 is 0. The number of benzene rings is 2. The van der Waals surface area contributed by atoms with Crippen molar-refractivity contribution in [3.8, 4) is 28.4 Å². The van der Waals surface area contributed by atoms with Gasteiger partial charge in [0.2, 0.25) is 5.95 Å². The van der Waals surface area contributed by atoms with Crippen LogP contribution in [-0.2, 0) is 7.05 Å². The zero-order chi connectivity index (χ0) is 28.3. The Bertz CT molecular complexity index is 1670. The molecule has 0 bridgehead atoms. The Morgan fingerprint density at radius 1 is 0.975 bits per heavy atom. The van der Waals surface area contributed by atoms with Crippen molar-refractivity contribution in [1.82, 2.24) is 24.8 Å². The lowest BCUT2D eigenvalue weighted by atomic mass is 10.1. The number of carbonyl (C=O) groups is 1. The fourth-order valence-electron chi connectivity index (χ4n) is 4.00. The average Bonchev–Trinajstić information content (AvgIpc) is 3.25. The Labute approximate surface area is 226 Å². The average molecular weight is 549 g/mol. The molecule has 0 saturated heterocycles. The van der Waals surface area contributed by atoms with E-state index in [-0.39, 0.29) is 17.4 Å². The third kappa shape index (κ3) is 5.96. The summed E-state index contributed by atoms with van der Waals surface area (Å²) in [7, 11) is 3.36. The Balaban J connectivity index is 1.41. The van der Waals surface area contributed by atoms with E-state index < -0.39 is 12.8 Å². The predicted octanol–water partition coefficient (Wildman–Crippen LogP) is 5.87. The molecule has 0 unspecified atom stereocenters. The van der Waals surface area contributed by atoms with Gasteiger partial charge in [-0.15, -0.1) is 0 Å². The first-order valence-electron chi connectivity index (χ1n) is 12.0. The predicted molar refractivity (Wildman–Crippen MR) is 143 cm³/mol. The van der Waals surface area contributed by atoms with Crippen molar-refractivity contribution in [2.24, 2.45) is 7.05 Å². The topological polar surface area (TPSA) is 103 Å². The van der Waals surface area contributed by atoms with Crippen LogP contribution in [-0.4, -0.2) is 45.3 Å². The molecule has 0 atom stereocenters. The van der Waals surface area contributed by atoms with E-state index in [1.165, 1.54) is 25.4 Å². The molecule has 12 heteroatoms. The number of aromatic nitrogens is 4. The van der Waals surface area contributed by atoms with Crippen LogP contribution >= 0.6 is 0 Å². The normalized spacial score (nSPS) is 11.3. The second-order valence-corrected chi connectivity index (χ2v) is 8.68. The lowest BCUT2D eigenvalue weighted by Gasteiger charge is -2.15. The van der Waals surface area contributed by atoms with Crippen molar-refractivity contribution < 1.29 is 27.4 Å². The van der Waals surface area contributed by atoms with Gasteiger partial charge in [-0.05, 0) is 54.1 Å². The number of nitrogens with one attached hydrogen (secondary N) is 2. The Kier molecular flexibility index (Phi) is 7.23. The molecular formula is C28H23F3N6O3. The van der Waals surface area contributed by atoms with Crippen LogP contribution in [0.2, 0.25) is 0 Å². The van der Waals surface area contributed by atoms with E-state index in [0.29, 0.717) is 39.8 Å². The number of ether oxygens (including phenoxy) is 2. The van der Waals surface area contributed by atoms with Crippen molar-refractivity contribution in [2.75, 3.05) is 19.0 Å². The van der Waals surface area contributed by atoms with Crippen molar-refractivity contribution >= 4 is 28.6 Å². The second-order valence-electron chi connectivity index (χ2n) is 8.68. The zero-order valence-electron chi connectivity index (χ0n) is 21.4. The number of hydrogen-bond acceptors (Lipinski definition) is 7. The van der Waals surface area contributed by atoms with E-state index in [0.717, 1.165) is 5.52 Å². The summed E-state index contributed by atoms with van der Waals surface area (Å²) < 4.78 is 51.3. The van der Waals surface area contributed by atoms with Crippen molar-refractivity contribution in [1.29, 1.82) is 0 Å². The van der Waals surface area contributed by atoms with Crippen LogP contribution in [0.3, 0.4) is 0 Å². The van der Waals surface area contributed by atoms with Crippen LogP contribution in [0.15, 0.2) is 79.3 Å². The minimum absolute atomic E-state index is 0.0940. The Morgan fingerprint density at radius 2 is 1.75 bits per heavy atom. The molecule has 0 aliphatic carbocycles. The van der Waals surface area contributed by atoms with Crippen LogP contribution in [0.4, 0.5) is 24.8 Å². The van der Waals surface area contributed by atoms with E-state index in [4.69, 9.17) is 9.47 Å². The minimum Gasteiger partial charge on any atom is -0.483 e. The van der Waals surface area contributed by atoms with Crippen LogP contribution in [0.1, 0.15) is 10.5 Å². The molecule has 5 aromatic rings. The summed E-state index contributed by atoms with van der Waals surface area (Å²) in [5.74, 6) is 1.23. The molecule has 0 fully saturated rings. The van der Waals surface area contributed by atoms with E-state index in [9.17, 15) is 18.0 Å². The monoisotopic (exact) mass is 548 g/mol. The lowest BCUT2D eigenvalue weighted by molar-refractivity contribution is -0.153. The molecule has 2 aromatic carbocycles. The van der Waals surface area contributed by atoms with Crippen LogP contribution in [0.25, 0.3) is 22.2 Å². The number of nitrogens with zero attached hydrogens (tertiary/aromatic N) is 4. The lowest BCUT2D eigenvalue weighted by Crippen LogP contribution is -2.19. The molecular weight excluding hydrogens is 525 g/mol. The quantitative estimate of drug-likeness (QED) is 0.250. The number of carbonyl (C=O) groups excluding carboxylic acids is 1. The summed E-state index contributed by atoms with van der Waals surface area (Å²) in [6.45, 7) is -1.40. The van der Waals surface area contributed by atoms with Crippen LogP contribution in [0, 0.1) is 0 Å². The standard InChI is InChI=1S/C28H23F3N6O3/c1-32-26(38)23-15-20(9-12-34-23)40-19-4-5-24-22(14-19)36-27(37(24)2)35-18-3-6-25(39-16-28(29,30)31)21(13-18)17-7-10-33-11-8-17/h3-15H,16H2,1-2H3,(H,32,38)(H,35,36). The van der Waals surface area contributed by atoms with E-state index >= 15 is 0 Å². The van der Waals surface area contributed by atoms with Crippen molar-refractivity contribution in [3.63, 3.8) is 0 Å². The first kappa shape index (κ1) is 26.5. The van der Waals surface area contributed by atoms with Gasteiger partial charge in [-0.3, -0.25) is 14.8 Å². The van der Waals surface area contributed by atoms with E-state index in [1.807, 2.05) is 17.7 Å². The number of fused-ring (bicyclic) bond motifs is 1. The van der Waals surface area contributed by atoms with Gasteiger partial charge in [0, 0.05) is 56.1 Å². The third-order valence-corrected chi connectivity index (χ3v) is 5.90. The molecule has 0 aliphatic heterocycles. The van der Waals surface area contributed by atoms with Crippen LogP contribution in [0.5, 0.6) is 17.2 Å². The molecule has 0 aliphatic rings. The number of halogens is 3. The summed E-state index contributed by atoms with van der Waals surface area (Å²) in [6, 6.07) is 16.8. The highest BCUT2D eigenvalue weighted by molar-refractivity contribution is 5.92. The van der Waals surface area contributed by atoms with Crippen molar-refractivity contribution in [2.45, 2.75) is 6.18 Å². The molecule has 0 spiro atoms. The van der Waals surface area contributed by atoms with Gasteiger partial charge in [-0.2, -0.15) is 13.2 Å². The molecule has 0 radical (unpaired) electrons. The number of hydrogen-bond donors (Lipinski definition) is 2. The fraction of sp³-hybridized carbons (Fsp3) is 0.143. The highest BCUT2D eigenvalue weighted by Crippen LogP contribution is 2.35. The second kappa shape index (κ2) is 10.9. The molecule has 3 aromatic heterocycles. The van der Waals surface area contributed by atoms with Gasteiger partial charge < -0.3 is 24.7 Å². The van der Waals surface area contributed by atoms with Crippen molar-refractivity contribution in [3.05, 3.63) is 84.9 Å². The van der Waals surface area contributed by atoms with Gasteiger partial charge in [-0.1, -0.05) is 0 Å². The van der Waals surface area contributed by atoms with Gasteiger partial charge in [0.05, 0.1) is 11.0 Å². The SMILES string of the molecule is CNC(=O)c1cc(Oc2ccc3c(c2)nc(Nc2ccc(OCC(F)(F)F)c(-c4ccncc4)c2)n3C)ccn1. The number of imidazole rings is 1. The summed E-state index contributed by atoms with van der Waals surface area (Å²) in [5, 5.41) is 5.75. The molecule has 0 saturated carbocycles. The minimum atomic E-state index is -4.47. The number of alkyl halides is 3. The zero-order valence-corrected chi connectivity index (χ0v) is 21.4. The van der Waals surface area contributed by atoms with Gasteiger partial charge >= 0.3 is 6.18 Å². The number of anilines is 2. The van der Waals surface area contributed by atoms with Gasteiger partial charge in [0.1, 0.15) is 22.9 Å². The number of amides is 1. The Hall–Kier alpha value is -5.13. The maximum absolute atomic E-state index is 12.8. The first-order chi connectivity index (χ1) is 19.2. The largest absolute Gasteiger partial charge is 0.483 e. The first-order valence-corrected chi connectivity index (χ1v) is 12.0. The molecule has 9 nitrogen and oxygen atoms in total. The smallest absolute Gasteiger partial charge is 0.422 e. The molecule has 40 heavy (non-hydrogen) atoms. The molecule has 2 N–H and O–H groups in total. The summed E-state index contributed by atoms with van der Waals surface area (Å²) in [4.78, 5) is 24.6. The number of pyridine rings is 2. The molecule has 3 heterocycles. The van der Waals surface area contributed by atoms with E-state index in [2.05, 4.69) is 25.6 Å². The molecule has 5 rings (SSSR count). The number of aryl methyl sites for hydroxylation is 1. The van der Waals surface area contributed by atoms with Gasteiger partial charge in [-0.25, -0.2) is 4.98 Å². The number of rotatable bonds is 8. The maximum Gasteiger partial charge on any atom is 0.422 e. The van der Waals surface area contributed by atoms with Gasteiger partial charge in [0.15, 0.2) is 6.61 Å².